The van der Waals surface area contributed by atoms with E-state index >= 15 is 0 Å². The van der Waals surface area contributed by atoms with Crippen LogP contribution in [0.3, 0.4) is 0 Å². The molecular formula is C17H24N2O2. The number of rotatable bonds is 2. The first-order valence-corrected chi connectivity index (χ1v) is 7.99. The van der Waals surface area contributed by atoms with Gasteiger partial charge in [0.05, 0.1) is 11.3 Å². The van der Waals surface area contributed by atoms with Crippen molar-refractivity contribution in [2.24, 2.45) is 5.16 Å². The number of para-hydroxylation sites is 1. The molecule has 1 aliphatic heterocycles. The van der Waals surface area contributed by atoms with Crippen LogP contribution in [0.2, 0.25) is 0 Å². The highest BCUT2D eigenvalue weighted by molar-refractivity contribution is 6.05. The molecule has 1 fully saturated rings. The summed E-state index contributed by atoms with van der Waals surface area (Å²) in [5.41, 5.74) is 2.27. The molecule has 1 aromatic carbocycles. The SMILES string of the molecule is O/N=C1/CCCN(CC2(O)CCCCC2)c2ccccc21. The molecule has 1 heterocycles. The summed E-state index contributed by atoms with van der Waals surface area (Å²) in [6.45, 7) is 1.58. The molecule has 0 spiro atoms. The molecule has 21 heavy (non-hydrogen) atoms. The fraction of sp³-hybridized carbons (Fsp3) is 0.588. The van der Waals surface area contributed by atoms with Crippen LogP contribution in [-0.2, 0) is 0 Å². The Morgan fingerprint density at radius 1 is 1.10 bits per heavy atom. The third-order valence-corrected chi connectivity index (χ3v) is 4.79. The molecule has 0 unspecified atom stereocenters. The van der Waals surface area contributed by atoms with Gasteiger partial charge in [0.1, 0.15) is 0 Å². The van der Waals surface area contributed by atoms with E-state index in [1.807, 2.05) is 18.2 Å². The highest BCUT2D eigenvalue weighted by Crippen LogP contribution is 2.33. The van der Waals surface area contributed by atoms with Gasteiger partial charge in [-0.1, -0.05) is 42.6 Å². The molecule has 2 N–H and O–H groups in total. The zero-order valence-corrected chi connectivity index (χ0v) is 12.5. The number of hydrogen-bond acceptors (Lipinski definition) is 4. The van der Waals surface area contributed by atoms with Crippen LogP contribution in [0.15, 0.2) is 29.4 Å². The molecule has 0 amide bonds. The second kappa shape index (κ2) is 6.06. The van der Waals surface area contributed by atoms with Crippen molar-refractivity contribution in [2.45, 2.75) is 50.5 Å². The van der Waals surface area contributed by atoms with E-state index in [1.165, 1.54) is 6.42 Å². The van der Waals surface area contributed by atoms with Crippen molar-refractivity contribution in [1.82, 2.24) is 0 Å². The first kappa shape index (κ1) is 14.4. The average Bonchev–Trinajstić information content (AvgIpc) is 2.67. The Bertz CT molecular complexity index is 521. The van der Waals surface area contributed by atoms with Crippen molar-refractivity contribution >= 4 is 11.4 Å². The minimum absolute atomic E-state index is 0.563. The van der Waals surface area contributed by atoms with Crippen molar-refractivity contribution < 1.29 is 10.3 Å². The van der Waals surface area contributed by atoms with E-state index in [9.17, 15) is 10.3 Å². The molecule has 1 aromatic rings. The maximum absolute atomic E-state index is 10.8. The van der Waals surface area contributed by atoms with Crippen molar-refractivity contribution in [2.75, 3.05) is 18.0 Å². The Morgan fingerprint density at radius 3 is 2.62 bits per heavy atom. The van der Waals surface area contributed by atoms with Gasteiger partial charge in [0, 0.05) is 24.3 Å². The Hall–Kier alpha value is -1.55. The summed E-state index contributed by atoms with van der Waals surface area (Å²) < 4.78 is 0. The van der Waals surface area contributed by atoms with Gasteiger partial charge in [-0.3, -0.25) is 0 Å². The van der Waals surface area contributed by atoms with Crippen LogP contribution in [0.1, 0.15) is 50.5 Å². The maximum Gasteiger partial charge on any atom is 0.0889 e. The molecule has 0 atom stereocenters. The first-order valence-electron chi connectivity index (χ1n) is 7.99. The van der Waals surface area contributed by atoms with Crippen molar-refractivity contribution in [3.8, 4) is 0 Å². The van der Waals surface area contributed by atoms with Gasteiger partial charge in [-0.2, -0.15) is 0 Å². The van der Waals surface area contributed by atoms with Crippen LogP contribution in [0.25, 0.3) is 0 Å². The maximum atomic E-state index is 10.8. The van der Waals surface area contributed by atoms with E-state index in [-0.39, 0.29) is 0 Å². The van der Waals surface area contributed by atoms with Crippen LogP contribution < -0.4 is 4.90 Å². The Morgan fingerprint density at radius 2 is 1.86 bits per heavy atom. The molecule has 0 saturated heterocycles. The summed E-state index contributed by atoms with van der Waals surface area (Å²) in [5.74, 6) is 0. The van der Waals surface area contributed by atoms with Crippen molar-refractivity contribution in [3.63, 3.8) is 0 Å². The average molecular weight is 288 g/mol. The summed E-state index contributed by atoms with van der Waals surface area (Å²) in [6, 6.07) is 8.06. The standard InChI is InChI=1S/C17H24N2O2/c20-17(10-4-1-5-11-17)13-19-12-6-8-15(18-21)14-7-2-3-9-16(14)19/h2-3,7,9,20-21H,1,4-6,8,10-13H2/b18-15-. The van der Waals surface area contributed by atoms with E-state index in [2.05, 4.69) is 16.1 Å². The summed E-state index contributed by atoms with van der Waals surface area (Å²) in [7, 11) is 0. The number of anilines is 1. The zero-order valence-electron chi connectivity index (χ0n) is 12.5. The number of oxime groups is 1. The summed E-state index contributed by atoms with van der Waals surface area (Å²) in [4.78, 5) is 2.28. The number of nitrogens with zero attached hydrogens (tertiary/aromatic N) is 2. The lowest BCUT2D eigenvalue weighted by atomic mass is 9.84. The van der Waals surface area contributed by atoms with Gasteiger partial charge in [-0.05, 0) is 31.7 Å². The molecule has 1 aliphatic carbocycles. The van der Waals surface area contributed by atoms with Crippen LogP contribution in [0.5, 0.6) is 0 Å². The minimum atomic E-state index is -0.563. The predicted octanol–water partition coefficient (Wildman–Crippen LogP) is 3.16. The lowest BCUT2D eigenvalue weighted by molar-refractivity contribution is 0.0110. The number of benzene rings is 1. The molecule has 3 rings (SSSR count). The number of fused-ring (bicyclic) bond motifs is 1. The molecule has 1 saturated carbocycles. The number of β-amino-alcohol motifs (C(OH)–C–C–N with tert-alkyl or cyclic N) is 1. The Labute approximate surface area is 126 Å². The lowest BCUT2D eigenvalue weighted by Gasteiger charge is -2.38. The van der Waals surface area contributed by atoms with Gasteiger partial charge >= 0.3 is 0 Å². The lowest BCUT2D eigenvalue weighted by Crippen LogP contribution is -2.45. The quantitative estimate of drug-likeness (QED) is 0.649. The third kappa shape index (κ3) is 3.05. The summed E-state index contributed by atoms with van der Waals surface area (Å²) >= 11 is 0. The molecule has 0 aromatic heterocycles. The zero-order chi connectivity index (χ0) is 14.7. The Kier molecular flexibility index (Phi) is 4.15. The second-order valence-corrected chi connectivity index (χ2v) is 6.37. The normalized spacial score (nSPS) is 23.7. The van der Waals surface area contributed by atoms with Gasteiger partial charge in [0.25, 0.3) is 0 Å². The topological polar surface area (TPSA) is 56.1 Å². The summed E-state index contributed by atoms with van der Waals surface area (Å²) in [6.07, 6.45) is 7.00. The first-order chi connectivity index (χ1) is 10.2. The van der Waals surface area contributed by atoms with Crippen LogP contribution in [0.4, 0.5) is 5.69 Å². The summed E-state index contributed by atoms with van der Waals surface area (Å²) in [5, 5.41) is 23.6. The van der Waals surface area contributed by atoms with E-state index in [0.717, 1.165) is 62.0 Å². The minimum Gasteiger partial charge on any atom is -0.411 e. The van der Waals surface area contributed by atoms with E-state index in [4.69, 9.17) is 0 Å². The molecule has 0 radical (unpaired) electrons. The van der Waals surface area contributed by atoms with Crippen molar-refractivity contribution in [3.05, 3.63) is 29.8 Å². The van der Waals surface area contributed by atoms with Crippen LogP contribution in [-0.4, -0.2) is 34.7 Å². The molecule has 0 bridgehead atoms. The fourth-order valence-electron chi connectivity index (χ4n) is 3.68. The van der Waals surface area contributed by atoms with Crippen LogP contribution >= 0.6 is 0 Å². The predicted molar refractivity (Wildman–Crippen MR) is 84.2 cm³/mol. The Balaban J connectivity index is 1.88. The van der Waals surface area contributed by atoms with Crippen molar-refractivity contribution in [1.29, 1.82) is 0 Å². The van der Waals surface area contributed by atoms with E-state index in [0.29, 0.717) is 6.54 Å². The monoisotopic (exact) mass is 288 g/mol. The van der Waals surface area contributed by atoms with Gasteiger partial charge in [-0.15, -0.1) is 0 Å². The second-order valence-electron chi connectivity index (χ2n) is 6.37. The fourth-order valence-corrected chi connectivity index (χ4v) is 3.68. The molecule has 2 aliphatic rings. The third-order valence-electron chi connectivity index (χ3n) is 4.79. The van der Waals surface area contributed by atoms with Gasteiger partial charge in [0.15, 0.2) is 0 Å². The molecule has 114 valence electrons. The van der Waals surface area contributed by atoms with Crippen LogP contribution in [0, 0.1) is 0 Å². The molecule has 4 heteroatoms. The highest BCUT2D eigenvalue weighted by Gasteiger charge is 2.33. The van der Waals surface area contributed by atoms with Gasteiger partial charge in [-0.25, -0.2) is 0 Å². The largest absolute Gasteiger partial charge is 0.411 e. The smallest absolute Gasteiger partial charge is 0.0889 e. The molecular weight excluding hydrogens is 264 g/mol. The number of hydrogen-bond donors (Lipinski definition) is 2. The van der Waals surface area contributed by atoms with E-state index in [1.54, 1.807) is 0 Å². The highest BCUT2D eigenvalue weighted by atomic mass is 16.4. The van der Waals surface area contributed by atoms with Gasteiger partial charge < -0.3 is 15.2 Å². The number of aliphatic hydroxyl groups is 1. The van der Waals surface area contributed by atoms with E-state index < -0.39 is 5.60 Å². The molecule has 4 nitrogen and oxygen atoms in total. The van der Waals surface area contributed by atoms with Gasteiger partial charge in [0.2, 0.25) is 0 Å².